The van der Waals surface area contributed by atoms with E-state index >= 15 is 0 Å². The Morgan fingerprint density at radius 1 is 1.04 bits per heavy atom. The van der Waals surface area contributed by atoms with Crippen LogP contribution in [0.15, 0.2) is 42.5 Å². The minimum atomic E-state index is -0.434. The second-order valence-corrected chi connectivity index (χ2v) is 5.69. The Morgan fingerprint density at radius 3 is 2.41 bits per heavy atom. The summed E-state index contributed by atoms with van der Waals surface area (Å²) in [7, 11) is 5.04. The molecular formula is C19H18N4O4. The van der Waals surface area contributed by atoms with Gasteiger partial charge in [0.1, 0.15) is 11.5 Å². The third-order valence-corrected chi connectivity index (χ3v) is 4.09. The molecule has 0 saturated heterocycles. The molecule has 0 amide bonds. The Bertz CT molecular complexity index is 993. The van der Waals surface area contributed by atoms with E-state index in [0.29, 0.717) is 17.4 Å². The first-order chi connectivity index (χ1) is 13.0. The monoisotopic (exact) mass is 366 g/mol. The SMILES string of the molecule is COc1ccc(OC)c(/C=C/c2nnc(-c3ccc([N+](=O)[O-])cc3)n2C)c1. The van der Waals surface area contributed by atoms with E-state index < -0.39 is 4.92 Å². The first kappa shape index (κ1) is 18.1. The van der Waals surface area contributed by atoms with Crippen LogP contribution in [-0.2, 0) is 7.05 Å². The van der Waals surface area contributed by atoms with Crippen molar-refractivity contribution in [1.29, 1.82) is 0 Å². The van der Waals surface area contributed by atoms with Crippen LogP contribution in [0.4, 0.5) is 5.69 Å². The fraction of sp³-hybridized carbons (Fsp3) is 0.158. The summed E-state index contributed by atoms with van der Waals surface area (Å²) in [4.78, 5) is 10.3. The lowest BCUT2D eigenvalue weighted by Gasteiger charge is -2.07. The van der Waals surface area contributed by atoms with E-state index in [2.05, 4.69) is 10.2 Å². The van der Waals surface area contributed by atoms with E-state index in [0.717, 1.165) is 16.9 Å². The standard InChI is InChI=1S/C19H18N4O4/c1-22-18(11-6-14-12-16(26-2)9-10-17(14)27-3)20-21-19(22)13-4-7-15(8-5-13)23(24)25/h4-12H,1-3H3/b11-6+. The van der Waals surface area contributed by atoms with Crippen molar-refractivity contribution < 1.29 is 14.4 Å². The van der Waals surface area contributed by atoms with E-state index in [4.69, 9.17) is 9.47 Å². The molecule has 0 fully saturated rings. The van der Waals surface area contributed by atoms with Crippen molar-refractivity contribution in [1.82, 2.24) is 14.8 Å². The summed E-state index contributed by atoms with van der Waals surface area (Å²) >= 11 is 0. The Morgan fingerprint density at radius 2 is 1.78 bits per heavy atom. The molecule has 3 aromatic rings. The van der Waals surface area contributed by atoms with E-state index in [1.165, 1.54) is 12.1 Å². The molecule has 0 aliphatic carbocycles. The number of ether oxygens (including phenoxy) is 2. The van der Waals surface area contributed by atoms with Crippen LogP contribution in [0.1, 0.15) is 11.4 Å². The highest BCUT2D eigenvalue weighted by Crippen LogP contribution is 2.26. The van der Waals surface area contributed by atoms with Crippen molar-refractivity contribution >= 4 is 17.8 Å². The van der Waals surface area contributed by atoms with Crippen molar-refractivity contribution in [2.24, 2.45) is 7.05 Å². The maximum Gasteiger partial charge on any atom is 0.269 e. The molecule has 1 heterocycles. The van der Waals surface area contributed by atoms with Crippen LogP contribution in [0.5, 0.6) is 11.5 Å². The topological polar surface area (TPSA) is 92.3 Å². The van der Waals surface area contributed by atoms with Crippen molar-refractivity contribution in [3.05, 3.63) is 64.0 Å². The van der Waals surface area contributed by atoms with Crippen LogP contribution in [0.2, 0.25) is 0 Å². The third-order valence-electron chi connectivity index (χ3n) is 4.09. The quantitative estimate of drug-likeness (QED) is 0.489. The Balaban J connectivity index is 1.90. The fourth-order valence-corrected chi connectivity index (χ4v) is 2.60. The number of nitrogens with zero attached hydrogens (tertiary/aromatic N) is 4. The van der Waals surface area contributed by atoms with E-state index in [-0.39, 0.29) is 5.69 Å². The second kappa shape index (κ2) is 7.69. The van der Waals surface area contributed by atoms with Gasteiger partial charge < -0.3 is 14.0 Å². The molecule has 1 aromatic heterocycles. The van der Waals surface area contributed by atoms with E-state index in [1.54, 1.807) is 26.4 Å². The van der Waals surface area contributed by atoms with Gasteiger partial charge in [0.05, 0.1) is 19.1 Å². The van der Waals surface area contributed by atoms with Crippen LogP contribution in [0.3, 0.4) is 0 Å². The van der Waals surface area contributed by atoms with Gasteiger partial charge in [-0.25, -0.2) is 0 Å². The molecule has 0 spiro atoms. The Kier molecular flexibility index (Phi) is 5.16. The summed E-state index contributed by atoms with van der Waals surface area (Å²) in [6.45, 7) is 0. The van der Waals surface area contributed by atoms with Crippen LogP contribution in [0.25, 0.3) is 23.5 Å². The maximum atomic E-state index is 10.8. The smallest absolute Gasteiger partial charge is 0.269 e. The normalized spacial score (nSPS) is 10.9. The lowest BCUT2D eigenvalue weighted by Crippen LogP contribution is -1.96. The minimum absolute atomic E-state index is 0.0335. The highest BCUT2D eigenvalue weighted by Gasteiger charge is 2.11. The summed E-state index contributed by atoms with van der Waals surface area (Å²) in [6.07, 6.45) is 3.68. The molecular weight excluding hydrogens is 348 g/mol. The molecule has 0 bridgehead atoms. The molecule has 0 saturated carbocycles. The Labute approximate surface area is 155 Å². The molecule has 0 aliphatic rings. The number of aromatic nitrogens is 3. The van der Waals surface area contributed by atoms with Gasteiger partial charge in [0.25, 0.3) is 5.69 Å². The minimum Gasteiger partial charge on any atom is -0.497 e. The predicted molar refractivity (Wildman–Crippen MR) is 102 cm³/mol. The number of non-ortho nitro benzene ring substituents is 1. The summed E-state index contributed by atoms with van der Waals surface area (Å²) in [6, 6.07) is 11.7. The average molecular weight is 366 g/mol. The van der Waals surface area contributed by atoms with Gasteiger partial charge in [-0.2, -0.15) is 0 Å². The van der Waals surface area contributed by atoms with Crippen LogP contribution >= 0.6 is 0 Å². The van der Waals surface area contributed by atoms with Gasteiger partial charge in [-0.05, 0) is 42.5 Å². The molecule has 0 radical (unpaired) electrons. The Hall–Kier alpha value is -3.68. The molecule has 8 heteroatoms. The maximum absolute atomic E-state index is 10.8. The van der Waals surface area contributed by atoms with Gasteiger partial charge in [0, 0.05) is 30.3 Å². The van der Waals surface area contributed by atoms with Crippen molar-refractivity contribution in [3.63, 3.8) is 0 Å². The average Bonchev–Trinajstić information content (AvgIpc) is 3.06. The second-order valence-electron chi connectivity index (χ2n) is 5.69. The van der Waals surface area contributed by atoms with Gasteiger partial charge in [-0.3, -0.25) is 10.1 Å². The summed E-state index contributed by atoms with van der Waals surface area (Å²) < 4.78 is 12.4. The van der Waals surface area contributed by atoms with Crippen molar-refractivity contribution in [3.8, 4) is 22.9 Å². The summed E-state index contributed by atoms with van der Waals surface area (Å²) in [5.74, 6) is 2.68. The summed E-state index contributed by atoms with van der Waals surface area (Å²) in [5.41, 5.74) is 1.62. The number of nitro benzene ring substituents is 1. The molecule has 0 unspecified atom stereocenters. The van der Waals surface area contributed by atoms with Gasteiger partial charge in [-0.1, -0.05) is 0 Å². The number of hydrogen-bond donors (Lipinski definition) is 0. The largest absolute Gasteiger partial charge is 0.497 e. The van der Waals surface area contributed by atoms with Crippen molar-refractivity contribution in [2.45, 2.75) is 0 Å². The van der Waals surface area contributed by atoms with E-state index in [1.807, 2.05) is 42.0 Å². The van der Waals surface area contributed by atoms with Gasteiger partial charge in [0.2, 0.25) is 0 Å². The fourth-order valence-electron chi connectivity index (χ4n) is 2.60. The van der Waals surface area contributed by atoms with Crippen molar-refractivity contribution in [2.75, 3.05) is 14.2 Å². The first-order valence-corrected chi connectivity index (χ1v) is 8.08. The van der Waals surface area contributed by atoms with Crippen LogP contribution in [0, 0.1) is 10.1 Å². The molecule has 8 nitrogen and oxygen atoms in total. The molecule has 3 rings (SSSR count). The lowest BCUT2D eigenvalue weighted by atomic mass is 10.1. The predicted octanol–water partition coefficient (Wildman–Crippen LogP) is 3.58. The number of benzene rings is 2. The van der Waals surface area contributed by atoms with Gasteiger partial charge >= 0.3 is 0 Å². The molecule has 138 valence electrons. The number of hydrogen-bond acceptors (Lipinski definition) is 6. The molecule has 0 aliphatic heterocycles. The number of methoxy groups -OCH3 is 2. The van der Waals surface area contributed by atoms with Crippen LogP contribution in [-0.4, -0.2) is 33.9 Å². The lowest BCUT2D eigenvalue weighted by molar-refractivity contribution is -0.384. The van der Waals surface area contributed by atoms with Crippen LogP contribution < -0.4 is 9.47 Å². The molecule has 0 atom stereocenters. The zero-order valence-electron chi connectivity index (χ0n) is 15.1. The third kappa shape index (κ3) is 3.79. The molecule has 2 aromatic carbocycles. The van der Waals surface area contributed by atoms with Gasteiger partial charge in [-0.15, -0.1) is 10.2 Å². The molecule has 0 N–H and O–H groups in total. The highest BCUT2D eigenvalue weighted by molar-refractivity contribution is 5.72. The first-order valence-electron chi connectivity index (χ1n) is 8.08. The highest BCUT2D eigenvalue weighted by atomic mass is 16.6. The zero-order chi connectivity index (χ0) is 19.4. The zero-order valence-corrected chi connectivity index (χ0v) is 15.1. The van der Waals surface area contributed by atoms with E-state index in [9.17, 15) is 10.1 Å². The van der Waals surface area contributed by atoms with Gasteiger partial charge in [0.15, 0.2) is 11.6 Å². The molecule has 27 heavy (non-hydrogen) atoms. The number of rotatable bonds is 6. The number of nitro groups is 1. The summed E-state index contributed by atoms with van der Waals surface area (Å²) in [5, 5.41) is 19.1.